The van der Waals surface area contributed by atoms with Crippen LogP contribution in [0.4, 0.5) is 4.39 Å². The third-order valence-electron chi connectivity index (χ3n) is 2.16. The number of benzene rings is 1. The third-order valence-corrected chi connectivity index (χ3v) is 2.47. The standard InChI is InChI=1S/C12H13ClFNO3/c1-3-15-11(16)7(2)18-12(17)9-5-4-8(14)6-10(9)13/h4-7H,3H2,1-2H3,(H,15,16)/t7-/m1/s1. The summed E-state index contributed by atoms with van der Waals surface area (Å²) >= 11 is 5.71. The molecule has 0 heterocycles. The Morgan fingerprint density at radius 1 is 1.50 bits per heavy atom. The van der Waals surface area contributed by atoms with Crippen molar-refractivity contribution in [1.29, 1.82) is 0 Å². The highest BCUT2D eigenvalue weighted by atomic mass is 35.5. The SMILES string of the molecule is CCNC(=O)[C@@H](C)OC(=O)c1ccc(F)cc1Cl. The van der Waals surface area contributed by atoms with E-state index in [0.29, 0.717) is 6.54 Å². The number of hydrogen-bond donors (Lipinski definition) is 1. The molecule has 0 aromatic heterocycles. The highest BCUT2D eigenvalue weighted by Crippen LogP contribution is 2.18. The second-order valence-corrected chi connectivity index (χ2v) is 3.97. The molecule has 0 spiro atoms. The second-order valence-electron chi connectivity index (χ2n) is 3.57. The molecule has 1 atom stereocenters. The molecule has 1 rings (SSSR count). The summed E-state index contributed by atoms with van der Waals surface area (Å²) in [4.78, 5) is 23.1. The number of carbonyl (C=O) groups excluding carboxylic acids is 2. The van der Waals surface area contributed by atoms with Gasteiger partial charge in [0.2, 0.25) is 0 Å². The number of likely N-dealkylation sites (N-methyl/N-ethyl adjacent to an activating group) is 1. The number of esters is 1. The van der Waals surface area contributed by atoms with E-state index in [1.54, 1.807) is 6.92 Å². The molecule has 0 fully saturated rings. The zero-order valence-corrected chi connectivity index (χ0v) is 10.8. The van der Waals surface area contributed by atoms with Gasteiger partial charge in [0.25, 0.3) is 5.91 Å². The normalized spacial score (nSPS) is 11.8. The molecule has 98 valence electrons. The first-order valence-corrected chi connectivity index (χ1v) is 5.77. The van der Waals surface area contributed by atoms with Crippen LogP contribution in [0.15, 0.2) is 18.2 Å². The predicted octanol–water partition coefficient (Wildman–Crippen LogP) is 2.16. The first-order valence-electron chi connectivity index (χ1n) is 5.39. The topological polar surface area (TPSA) is 55.4 Å². The molecule has 0 saturated heterocycles. The molecule has 0 radical (unpaired) electrons. The Balaban J connectivity index is 2.73. The first kappa shape index (κ1) is 14.4. The van der Waals surface area contributed by atoms with Crippen LogP contribution in [0.25, 0.3) is 0 Å². The molecule has 0 saturated carbocycles. The van der Waals surface area contributed by atoms with Crippen molar-refractivity contribution >= 4 is 23.5 Å². The van der Waals surface area contributed by atoms with Crippen molar-refractivity contribution in [2.45, 2.75) is 20.0 Å². The lowest BCUT2D eigenvalue weighted by molar-refractivity contribution is -0.128. The van der Waals surface area contributed by atoms with Crippen LogP contribution in [0.2, 0.25) is 5.02 Å². The van der Waals surface area contributed by atoms with Gasteiger partial charge >= 0.3 is 5.97 Å². The number of rotatable bonds is 4. The predicted molar refractivity (Wildman–Crippen MR) is 65.0 cm³/mol. The Morgan fingerprint density at radius 2 is 2.17 bits per heavy atom. The van der Waals surface area contributed by atoms with Crippen molar-refractivity contribution in [2.24, 2.45) is 0 Å². The number of carbonyl (C=O) groups is 2. The van der Waals surface area contributed by atoms with E-state index in [4.69, 9.17) is 16.3 Å². The molecule has 1 N–H and O–H groups in total. The summed E-state index contributed by atoms with van der Waals surface area (Å²) in [5.74, 6) is -1.71. The minimum Gasteiger partial charge on any atom is -0.449 e. The van der Waals surface area contributed by atoms with Crippen LogP contribution in [-0.4, -0.2) is 24.5 Å². The maximum absolute atomic E-state index is 12.8. The Bertz CT molecular complexity index is 465. The molecule has 0 bridgehead atoms. The highest BCUT2D eigenvalue weighted by molar-refractivity contribution is 6.33. The summed E-state index contributed by atoms with van der Waals surface area (Å²) in [6, 6.07) is 3.32. The van der Waals surface area contributed by atoms with Gasteiger partial charge in [-0.05, 0) is 32.0 Å². The number of ether oxygens (including phenoxy) is 1. The van der Waals surface area contributed by atoms with E-state index in [9.17, 15) is 14.0 Å². The van der Waals surface area contributed by atoms with Gasteiger partial charge in [-0.3, -0.25) is 4.79 Å². The van der Waals surface area contributed by atoms with Gasteiger partial charge in [-0.1, -0.05) is 11.6 Å². The molecule has 18 heavy (non-hydrogen) atoms. The summed E-state index contributed by atoms with van der Waals surface area (Å²) in [5, 5.41) is 2.46. The fourth-order valence-corrected chi connectivity index (χ4v) is 1.49. The quantitative estimate of drug-likeness (QED) is 0.856. The van der Waals surface area contributed by atoms with Gasteiger partial charge in [0.05, 0.1) is 10.6 Å². The summed E-state index contributed by atoms with van der Waals surface area (Å²) in [7, 11) is 0. The minimum absolute atomic E-state index is 0.0224. The Morgan fingerprint density at radius 3 is 2.72 bits per heavy atom. The van der Waals surface area contributed by atoms with Gasteiger partial charge in [-0.25, -0.2) is 9.18 Å². The van der Waals surface area contributed by atoms with Crippen molar-refractivity contribution in [2.75, 3.05) is 6.54 Å². The fourth-order valence-electron chi connectivity index (χ4n) is 1.25. The van der Waals surface area contributed by atoms with Crippen molar-refractivity contribution in [1.82, 2.24) is 5.32 Å². The molecule has 6 heteroatoms. The van der Waals surface area contributed by atoms with E-state index in [1.165, 1.54) is 13.0 Å². The number of nitrogens with one attached hydrogen (secondary N) is 1. The van der Waals surface area contributed by atoms with Crippen LogP contribution in [0.1, 0.15) is 24.2 Å². The molecular formula is C12H13ClFNO3. The van der Waals surface area contributed by atoms with Gasteiger partial charge in [0, 0.05) is 6.54 Å². The van der Waals surface area contributed by atoms with Gasteiger partial charge < -0.3 is 10.1 Å². The van der Waals surface area contributed by atoms with Crippen LogP contribution in [-0.2, 0) is 9.53 Å². The molecule has 0 aliphatic heterocycles. The highest BCUT2D eigenvalue weighted by Gasteiger charge is 2.20. The van der Waals surface area contributed by atoms with E-state index in [0.717, 1.165) is 12.1 Å². The van der Waals surface area contributed by atoms with Crippen molar-refractivity contribution in [3.63, 3.8) is 0 Å². The van der Waals surface area contributed by atoms with Crippen molar-refractivity contribution in [3.8, 4) is 0 Å². The molecule has 0 aliphatic carbocycles. The Labute approximate surface area is 109 Å². The van der Waals surface area contributed by atoms with E-state index in [-0.39, 0.29) is 10.6 Å². The van der Waals surface area contributed by atoms with Crippen molar-refractivity contribution in [3.05, 3.63) is 34.6 Å². The maximum atomic E-state index is 12.8. The molecule has 1 aromatic rings. The van der Waals surface area contributed by atoms with Gasteiger partial charge in [0.15, 0.2) is 6.10 Å². The van der Waals surface area contributed by atoms with Crippen molar-refractivity contribution < 1.29 is 18.7 Å². The summed E-state index contributed by atoms with van der Waals surface area (Å²) in [6.45, 7) is 3.64. The summed E-state index contributed by atoms with van der Waals surface area (Å²) < 4.78 is 17.7. The largest absolute Gasteiger partial charge is 0.449 e. The Hall–Kier alpha value is -1.62. The van der Waals surface area contributed by atoms with E-state index < -0.39 is 23.8 Å². The molecule has 0 aliphatic rings. The average Bonchev–Trinajstić information content (AvgIpc) is 2.28. The van der Waals surface area contributed by atoms with Crippen LogP contribution in [0, 0.1) is 5.82 Å². The lowest BCUT2D eigenvalue weighted by Gasteiger charge is -2.13. The second kappa shape index (κ2) is 6.35. The zero-order chi connectivity index (χ0) is 13.7. The van der Waals surface area contributed by atoms with Crippen LogP contribution in [0.3, 0.4) is 0 Å². The number of amides is 1. The van der Waals surface area contributed by atoms with Gasteiger partial charge in [0.1, 0.15) is 5.82 Å². The average molecular weight is 274 g/mol. The lowest BCUT2D eigenvalue weighted by Crippen LogP contribution is -2.35. The van der Waals surface area contributed by atoms with E-state index in [1.807, 2.05) is 0 Å². The minimum atomic E-state index is -0.932. The van der Waals surface area contributed by atoms with E-state index in [2.05, 4.69) is 5.32 Å². The van der Waals surface area contributed by atoms with Gasteiger partial charge in [-0.2, -0.15) is 0 Å². The molecular weight excluding hydrogens is 261 g/mol. The molecule has 0 unspecified atom stereocenters. The summed E-state index contributed by atoms with van der Waals surface area (Å²) in [5.41, 5.74) is 0.0224. The van der Waals surface area contributed by atoms with Crippen LogP contribution >= 0.6 is 11.6 Å². The van der Waals surface area contributed by atoms with Gasteiger partial charge in [-0.15, -0.1) is 0 Å². The Kier molecular flexibility index (Phi) is 5.09. The van der Waals surface area contributed by atoms with Crippen LogP contribution < -0.4 is 5.32 Å². The molecule has 4 nitrogen and oxygen atoms in total. The lowest BCUT2D eigenvalue weighted by atomic mass is 10.2. The number of halogens is 2. The monoisotopic (exact) mass is 273 g/mol. The van der Waals surface area contributed by atoms with E-state index >= 15 is 0 Å². The third kappa shape index (κ3) is 3.70. The fraction of sp³-hybridized carbons (Fsp3) is 0.333. The zero-order valence-electron chi connectivity index (χ0n) is 10.00. The van der Waals surface area contributed by atoms with Crippen LogP contribution in [0.5, 0.6) is 0 Å². The first-order chi connectivity index (χ1) is 8.45. The summed E-state index contributed by atoms with van der Waals surface area (Å²) in [6.07, 6.45) is -0.932. The smallest absolute Gasteiger partial charge is 0.340 e. The molecule has 1 aromatic carbocycles. The maximum Gasteiger partial charge on any atom is 0.340 e. The molecule has 1 amide bonds. The number of hydrogen-bond acceptors (Lipinski definition) is 3.